The van der Waals surface area contributed by atoms with Gasteiger partial charge in [-0.25, -0.2) is 13.1 Å². The first-order valence-electron chi connectivity index (χ1n) is 7.55. The highest BCUT2D eigenvalue weighted by Crippen LogP contribution is 2.26. The summed E-state index contributed by atoms with van der Waals surface area (Å²) in [5.41, 5.74) is 3.35. The third kappa shape index (κ3) is 4.00. The van der Waals surface area contributed by atoms with Crippen LogP contribution < -0.4 is 10.0 Å². The van der Waals surface area contributed by atoms with Gasteiger partial charge in [0, 0.05) is 17.1 Å². The van der Waals surface area contributed by atoms with Gasteiger partial charge in [0.25, 0.3) is 0 Å². The molecule has 2 aromatic carbocycles. The van der Waals surface area contributed by atoms with Gasteiger partial charge in [-0.3, -0.25) is 0 Å². The van der Waals surface area contributed by atoms with Crippen molar-refractivity contribution in [1.82, 2.24) is 10.0 Å². The summed E-state index contributed by atoms with van der Waals surface area (Å²) in [5, 5.41) is 3.39. The number of aryl methyl sites for hydroxylation is 1. The first kappa shape index (κ1) is 19.4. The highest BCUT2D eigenvalue weighted by molar-refractivity contribution is 9.10. The molecule has 1 aliphatic rings. The SMILES string of the molecule is Cc1cccc(S(=O)(=O)NCC2NCCc3ccccc32)c1Br.Cl. The van der Waals surface area contributed by atoms with Crippen LogP contribution in [0.3, 0.4) is 0 Å². The number of rotatable bonds is 4. The molecule has 2 N–H and O–H groups in total. The molecular weight excluding hydrogens is 412 g/mol. The van der Waals surface area contributed by atoms with E-state index in [1.807, 2.05) is 25.1 Å². The van der Waals surface area contributed by atoms with Crippen LogP contribution in [0.5, 0.6) is 0 Å². The molecule has 1 atom stereocenters. The van der Waals surface area contributed by atoms with E-state index in [0.29, 0.717) is 11.0 Å². The second-order valence-electron chi connectivity index (χ2n) is 5.69. The van der Waals surface area contributed by atoms with Gasteiger partial charge in [0.1, 0.15) is 0 Å². The van der Waals surface area contributed by atoms with E-state index in [2.05, 4.69) is 38.1 Å². The molecular formula is C17H20BrClN2O2S. The third-order valence-corrected chi connectivity index (χ3v) is 6.92. The molecule has 1 aliphatic heterocycles. The van der Waals surface area contributed by atoms with Crippen LogP contribution in [0.4, 0.5) is 0 Å². The molecule has 0 bridgehead atoms. The number of benzene rings is 2. The van der Waals surface area contributed by atoms with E-state index < -0.39 is 10.0 Å². The topological polar surface area (TPSA) is 58.2 Å². The molecule has 0 saturated carbocycles. The molecule has 7 heteroatoms. The first-order chi connectivity index (χ1) is 11.0. The van der Waals surface area contributed by atoms with E-state index in [1.54, 1.807) is 12.1 Å². The second-order valence-corrected chi connectivity index (χ2v) is 8.22. The summed E-state index contributed by atoms with van der Waals surface area (Å²) in [5.74, 6) is 0. The molecule has 4 nitrogen and oxygen atoms in total. The number of nitrogens with one attached hydrogen (secondary N) is 2. The summed E-state index contributed by atoms with van der Waals surface area (Å²) < 4.78 is 28.5. The molecule has 0 amide bonds. The maximum absolute atomic E-state index is 12.6. The molecule has 24 heavy (non-hydrogen) atoms. The molecule has 1 heterocycles. The van der Waals surface area contributed by atoms with Crippen molar-refractivity contribution in [3.63, 3.8) is 0 Å². The van der Waals surface area contributed by atoms with Crippen molar-refractivity contribution in [2.75, 3.05) is 13.1 Å². The Morgan fingerprint density at radius 3 is 2.75 bits per heavy atom. The van der Waals surface area contributed by atoms with Gasteiger partial charge in [-0.05, 0) is 58.6 Å². The van der Waals surface area contributed by atoms with Crippen molar-refractivity contribution in [3.8, 4) is 0 Å². The van der Waals surface area contributed by atoms with E-state index in [4.69, 9.17) is 0 Å². The van der Waals surface area contributed by atoms with Crippen LogP contribution in [0.25, 0.3) is 0 Å². The Hall–Kier alpha value is -0.920. The molecule has 1 unspecified atom stereocenters. The first-order valence-corrected chi connectivity index (χ1v) is 9.82. The maximum atomic E-state index is 12.6. The largest absolute Gasteiger partial charge is 0.308 e. The van der Waals surface area contributed by atoms with Crippen molar-refractivity contribution in [3.05, 3.63) is 63.6 Å². The van der Waals surface area contributed by atoms with Gasteiger partial charge in [-0.1, -0.05) is 36.4 Å². The Morgan fingerprint density at radius 2 is 1.96 bits per heavy atom. The number of hydrogen-bond acceptors (Lipinski definition) is 3. The van der Waals surface area contributed by atoms with E-state index in [9.17, 15) is 8.42 Å². The highest BCUT2D eigenvalue weighted by atomic mass is 79.9. The smallest absolute Gasteiger partial charge is 0.241 e. The van der Waals surface area contributed by atoms with E-state index in [1.165, 1.54) is 11.1 Å². The number of sulfonamides is 1. The van der Waals surface area contributed by atoms with Gasteiger partial charge in [0.15, 0.2) is 0 Å². The number of hydrogen-bond donors (Lipinski definition) is 2. The standard InChI is InChI=1S/C17H19BrN2O2S.ClH/c1-12-5-4-8-16(17(12)18)23(21,22)20-11-15-14-7-3-2-6-13(14)9-10-19-15;/h2-8,15,19-20H,9-11H2,1H3;1H. The minimum Gasteiger partial charge on any atom is -0.308 e. The predicted octanol–water partition coefficient (Wildman–Crippen LogP) is 3.34. The fourth-order valence-electron chi connectivity index (χ4n) is 2.87. The fraction of sp³-hybridized carbons (Fsp3) is 0.294. The van der Waals surface area contributed by atoms with Crippen LogP contribution >= 0.6 is 28.3 Å². The van der Waals surface area contributed by atoms with Crippen LogP contribution in [-0.2, 0) is 16.4 Å². The Bertz CT molecular complexity index is 827. The lowest BCUT2D eigenvalue weighted by Gasteiger charge is -2.27. The zero-order valence-corrected chi connectivity index (χ0v) is 16.5. The van der Waals surface area contributed by atoms with Crippen LogP contribution in [0.1, 0.15) is 22.7 Å². The third-order valence-electron chi connectivity index (χ3n) is 4.14. The summed E-state index contributed by atoms with van der Waals surface area (Å²) in [6.45, 7) is 3.07. The number of fused-ring (bicyclic) bond motifs is 1. The van der Waals surface area contributed by atoms with Crippen molar-refractivity contribution in [2.45, 2.75) is 24.3 Å². The summed E-state index contributed by atoms with van der Waals surface area (Å²) in [6, 6.07) is 13.4. The maximum Gasteiger partial charge on any atom is 0.241 e. The van der Waals surface area contributed by atoms with Crippen LogP contribution in [0, 0.1) is 6.92 Å². The van der Waals surface area contributed by atoms with Crippen LogP contribution in [-0.4, -0.2) is 21.5 Å². The molecule has 0 aromatic heterocycles. The molecule has 0 spiro atoms. The lowest BCUT2D eigenvalue weighted by Crippen LogP contribution is -2.38. The van der Waals surface area contributed by atoms with Crippen LogP contribution in [0.2, 0.25) is 0 Å². The Morgan fingerprint density at radius 1 is 1.21 bits per heavy atom. The fourth-order valence-corrected chi connectivity index (χ4v) is 4.97. The van der Waals surface area contributed by atoms with Crippen molar-refractivity contribution in [1.29, 1.82) is 0 Å². The quantitative estimate of drug-likeness (QED) is 0.780. The predicted molar refractivity (Wildman–Crippen MR) is 102 cm³/mol. The van der Waals surface area contributed by atoms with Gasteiger partial charge >= 0.3 is 0 Å². The summed E-state index contributed by atoms with van der Waals surface area (Å²) in [4.78, 5) is 0.279. The minimum atomic E-state index is -3.55. The molecule has 130 valence electrons. The summed E-state index contributed by atoms with van der Waals surface area (Å²) in [6.07, 6.45) is 0.975. The highest BCUT2D eigenvalue weighted by Gasteiger charge is 2.23. The zero-order chi connectivity index (χ0) is 16.4. The normalized spacial score (nSPS) is 17.0. The molecule has 0 fully saturated rings. The van der Waals surface area contributed by atoms with Gasteiger partial charge in [0.2, 0.25) is 10.0 Å². The Balaban J connectivity index is 0.00000208. The van der Waals surface area contributed by atoms with E-state index in [0.717, 1.165) is 18.5 Å². The molecule has 0 aliphatic carbocycles. The molecule has 3 rings (SSSR count). The Labute approximate surface area is 157 Å². The molecule has 0 radical (unpaired) electrons. The van der Waals surface area contributed by atoms with E-state index >= 15 is 0 Å². The van der Waals surface area contributed by atoms with Gasteiger partial charge < -0.3 is 5.32 Å². The lowest BCUT2D eigenvalue weighted by molar-refractivity contribution is 0.491. The number of halogens is 2. The minimum absolute atomic E-state index is 0. The monoisotopic (exact) mass is 430 g/mol. The van der Waals surface area contributed by atoms with Crippen molar-refractivity contribution < 1.29 is 8.42 Å². The lowest BCUT2D eigenvalue weighted by atomic mass is 9.95. The molecule has 0 saturated heterocycles. The second kappa shape index (κ2) is 7.97. The Kier molecular flexibility index (Phi) is 6.45. The van der Waals surface area contributed by atoms with Gasteiger partial charge in [-0.15, -0.1) is 12.4 Å². The summed E-state index contributed by atoms with van der Waals surface area (Å²) >= 11 is 3.37. The van der Waals surface area contributed by atoms with Crippen LogP contribution in [0.15, 0.2) is 51.8 Å². The van der Waals surface area contributed by atoms with Crippen molar-refractivity contribution in [2.24, 2.45) is 0 Å². The van der Waals surface area contributed by atoms with Gasteiger partial charge in [0.05, 0.1) is 4.90 Å². The molecule has 2 aromatic rings. The average molecular weight is 432 g/mol. The average Bonchev–Trinajstić information content (AvgIpc) is 2.55. The van der Waals surface area contributed by atoms with Crippen molar-refractivity contribution >= 4 is 38.4 Å². The van der Waals surface area contributed by atoms with E-state index in [-0.39, 0.29) is 23.3 Å². The zero-order valence-electron chi connectivity index (χ0n) is 13.3. The summed E-state index contributed by atoms with van der Waals surface area (Å²) in [7, 11) is -3.55. The van der Waals surface area contributed by atoms with Gasteiger partial charge in [-0.2, -0.15) is 0 Å².